The zero-order valence-corrected chi connectivity index (χ0v) is 12.2. The van der Waals surface area contributed by atoms with Gasteiger partial charge in [0.15, 0.2) is 0 Å². The molecule has 0 spiro atoms. The number of fused-ring (bicyclic) bond motifs is 1. The summed E-state index contributed by atoms with van der Waals surface area (Å²) in [7, 11) is 0. The van der Waals surface area contributed by atoms with E-state index in [0.717, 1.165) is 18.3 Å². The van der Waals surface area contributed by atoms with Crippen LogP contribution in [0.25, 0.3) is 10.1 Å². The van der Waals surface area contributed by atoms with Gasteiger partial charge in [0.25, 0.3) is 0 Å². The molecule has 0 bridgehead atoms. The van der Waals surface area contributed by atoms with Crippen LogP contribution in [-0.2, 0) is 6.42 Å². The maximum Gasteiger partial charge on any atom is 0.0345 e. The minimum Gasteiger partial charge on any atom is -0.271 e. The second-order valence-electron chi connectivity index (χ2n) is 5.81. The van der Waals surface area contributed by atoms with Gasteiger partial charge in [-0.3, -0.25) is 11.3 Å². The van der Waals surface area contributed by atoms with Gasteiger partial charge in [0.05, 0.1) is 0 Å². The Morgan fingerprint density at radius 2 is 2.21 bits per heavy atom. The monoisotopic (exact) mass is 274 g/mol. The molecule has 3 rings (SSSR count). The van der Waals surface area contributed by atoms with Crippen LogP contribution in [0.2, 0.25) is 0 Å². The topological polar surface area (TPSA) is 38.0 Å². The Labute approximate surface area is 119 Å². The van der Waals surface area contributed by atoms with Gasteiger partial charge in [-0.15, -0.1) is 11.3 Å². The van der Waals surface area contributed by atoms with Gasteiger partial charge in [0.2, 0.25) is 0 Å². The molecule has 1 aliphatic carbocycles. The number of nitrogens with two attached hydrogens (primary N) is 1. The predicted octanol–water partition coefficient (Wildman–Crippen LogP) is 3.71. The number of nitrogens with one attached hydrogen (secondary N) is 1. The van der Waals surface area contributed by atoms with Crippen LogP contribution in [-0.4, -0.2) is 6.04 Å². The molecule has 2 aromatic rings. The van der Waals surface area contributed by atoms with E-state index in [1.54, 1.807) is 0 Å². The fourth-order valence-electron chi connectivity index (χ4n) is 3.53. The molecule has 102 valence electrons. The summed E-state index contributed by atoms with van der Waals surface area (Å²) in [5, 5.41) is 3.70. The molecule has 1 saturated carbocycles. The van der Waals surface area contributed by atoms with Crippen molar-refractivity contribution in [2.45, 2.75) is 38.6 Å². The minimum atomic E-state index is 0.413. The van der Waals surface area contributed by atoms with E-state index >= 15 is 0 Å². The van der Waals surface area contributed by atoms with Crippen molar-refractivity contribution >= 4 is 21.4 Å². The van der Waals surface area contributed by atoms with E-state index in [9.17, 15) is 0 Å². The SMILES string of the molecule is CC1CCCC1C(Cc1csc2ccccc12)NN. The average molecular weight is 274 g/mol. The van der Waals surface area contributed by atoms with Gasteiger partial charge >= 0.3 is 0 Å². The van der Waals surface area contributed by atoms with Gasteiger partial charge < -0.3 is 0 Å². The summed E-state index contributed by atoms with van der Waals surface area (Å²) in [4.78, 5) is 0. The highest BCUT2D eigenvalue weighted by Gasteiger charge is 2.30. The second-order valence-corrected chi connectivity index (χ2v) is 6.72. The Morgan fingerprint density at radius 1 is 1.37 bits per heavy atom. The van der Waals surface area contributed by atoms with Crippen molar-refractivity contribution in [3.63, 3.8) is 0 Å². The van der Waals surface area contributed by atoms with Crippen LogP contribution < -0.4 is 11.3 Å². The second kappa shape index (κ2) is 5.61. The third-order valence-corrected chi connectivity index (χ3v) is 5.67. The lowest BCUT2D eigenvalue weighted by molar-refractivity contribution is 0.298. The molecule has 1 aromatic heterocycles. The minimum absolute atomic E-state index is 0.413. The average Bonchev–Trinajstić information content (AvgIpc) is 3.03. The first-order valence-corrected chi connectivity index (χ1v) is 8.09. The third-order valence-electron chi connectivity index (χ3n) is 4.66. The van der Waals surface area contributed by atoms with Gasteiger partial charge in [-0.2, -0.15) is 0 Å². The molecule has 0 aliphatic heterocycles. The van der Waals surface area contributed by atoms with E-state index in [-0.39, 0.29) is 0 Å². The molecule has 1 aromatic carbocycles. The van der Waals surface area contributed by atoms with Crippen LogP contribution in [0.1, 0.15) is 31.7 Å². The molecule has 1 aliphatic rings. The van der Waals surface area contributed by atoms with E-state index in [1.807, 2.05) is 11.3 Å². The first-order chi connectivity index (χ1) is 9.29. The van der Waals surface area contributed by atoms with Crippen molar-refractivity contribution in [2.24, 2.45) is 17.7 Å². The van der Waals surface area contributed by atoms with Crippen LogP contribution in [0, 0.1) is 11.8 Å². The van der Waals surface area contributed by atoms with Crippen molar-refractivity contribution < 1.29 is 0 Å². The van der Waals surface area contributed by atoms with Crippen LogP contribution in [0.15, 0.2) is 29.6 Å². The molecular formula is C16H22N2S. The largest absolute Gasteiger partial charge is 0.271 e. The molecule has 2 nitrogen and oxygen atoms in total. The van der Waals surface area contributed by atoms with E-state index in [2.05, 4.69) is 42.0 Å². The van der Waals surface area contributed by atoms with E-state index in [0.29, 0.717) is 6.04 Å². The molecule has 19 heavy (non-hydrogen) atoms. The Morgan fingerprint density at radius 3 is 2.95 bits per heavy atom. The summed E-state index contributed by atoms with van der Waals surface area (Å²) in [6.45, 7) is 2.37. The molecule has 3 N–H and O–H groups in total. The Balaban J connectivity index is 1.82. The lowest BCUT2D eigenvalue weighted by atomic mass is 9.87. The van der Waals surface area contributed by atoms with E-state index in [1.165, 1.54) is 34.9 Å². The van der Waals surface area contributed by atoms with Crippen molar-refractivity contribution in [3.8, 4) is 0 Å². The van der Waals surface area contributed by atoms with Gasteiger partial charge in [-0.05, 0) is 47.1 Å². The Bertz CT molecular complexity index is 548. The molecule has 1 fully saturated rings. The molecule has 3 unspecified atom stereocenters. The lowest BCUT2D eigenvalue weighted by Gasteiger charge is -2.26. The summed E-state index contributed by atoms with van der Waals surface area (Å²) < 4.78 is 1.38. The summed E-state index contributed by atoms with van der Waals surface area (Å²) in [6, 6.07) is 9.08. The van der Waals surface area contributed by atoms with Crippen molar-refractivity contribution in [2.75, 3.05) is 0 Å². The van der Waals surface area contributed by atoms with E-state index < -0.39 is 0 Å². The van der Waals surface area contributed by atoms with Gasteiger partial charge in [-0.25, -0.2) is 0 Å². The Kier molecular flexibility index (Phi) is 3.87. The molecule has 1 heterocycles. The first-order valence-electron chi connectivity index (χ1n) is 7.21. The van der Waals surface area contributed by atoms with Crippen LogP contribution in [0.5, 0.6) is 0 Å². The van der Waals surface area contributed by atoms with Crippen molar-refractivity contribution in [1.29, 1.82) is 0 Å². The number of hydrazine groups is 1. The zero-order valence-electron chi connectivity index (χ0n) is 11.4. The summed E-state index contributed by atoms with van der Waals surface area (Å²) in [6.07, 6.45) is 5.08. The molecule has 3 heteroatoms. The fraction of sp³-hybridized carbons (Fsp3) is 0.500. The number of rotatable bonds is 4. The number of benzene rings is 1. The molecule has 0 radical (unpaired) electrons. The highest BCUT2D eigenvalue weighted by atomic mass is 32.1. The normalized spacial score (nSPS) is 24.9. The molecule has 3 atom stereocenters. The van der Waals surface area contributed by atoms with Crippen molar-refractivity contribution in [1.82, 2.24) is 5.43 Å². The molecule has 0 amide bonds. The number of hydrogen-bond donors (Lipinski definition) is 2. The quantitative estimate of drug-likeness (QED) is 0.659. The summed E-state index contributed by atoms with van der Waals surface area (Å²) >= 11 is 1.84. The standard InChI is InChI=1S/C16H22N2S/c1-11-5-4-7-13(11)15(18-17)9-12-10-19-16-8-3-2-6-14(12)16/h2-3,6,8,10-11,13,15,18H,4-5,7,9,17H2,1H3. The lowest BCUT2D eigenvalue weighted by Crippen LogP contribution is -2.43. The van der Waals surface area contributed by atoms with Crippen LogP contribution in [0.3, 0.4) is 0 Å². The molecular weight excluding hydrogens is 252 g/mol. The highest BCUT2D eigenvalue weighted by molar-refractivity contribution is 7.17. The van der Waals surface area contributed by atoms with Crippen molar-refractivity contribution in [3.05, 3.63) is 35.2 Å². The van der Waals surface area contributed by atoms with Gasteiger partial charge in [0.1, 0.15) is 0 Å². The van der Waals surface area contributed by atoms with E-state index in [4.69, 9.17) is 5.84 Å². The van der Waals surface area contributed by atoms with Gasteiger partial charge in [0, 0.05) is 10.7 Å². The van der Waals surface area contributed by atoms with Gasteiger partial charge in [-0.1, -0.05) is 38.0 Å². The highest BCUT2D eigenvalue weighted by Crippen LogP contribution is 2.36. The zero-order chi connectivity index (χ0) is 13.2. The maximum atomic E-state index is 5.83. The number of thiophene rings is 1. The fourth-order valence-corrected chi connectivity index (χ4v) is 4.51. The number of hydrogen-bond acceptors (Lipinski definition) is 3. The van der Waals surface area contributed by atoms with Crippen LogP contribution >= 0.6 is 11.3 Å². The summed E-state index contributed by atoms with van der Waals surface area (Å²) in [5.74, 6) is 7.35. The summed E-state index contributed by atoms with van der Waals surface area (Å²) in [5.41, 5.74) is 4.53. The molecule has 0 saturated heterocycles. The predicted molar refractivity (Wildman–Crippen MR) is 83.1 cm³/mol. The van der Waals surface area contributed by atoms with Crippen LogP contribution in [0.4, 0.5) is 0 Å². The third kappa shape index (κ3) is 2.55. The maximum absolute atomic E-state index is 5.83. The smallest absolute Gasteiger partial charge is 0.0345 e. The first kappa shape index (κ1) is 13.1. The Hall–Kier alpha value is -0.900.